The Bertz CT molecular complexity index is 645. The molecule has 0 bridgehead atoms. The van der Waals surface area contributed by atoms with Crippen LogP contribution in [0.1, 0.15) is 13.3 Å². The van der Waals surface area contributed by atoms with Gasteiger partial charge in [0.2, 0.25) is 5.91 Å². The molecule has 0 heterocycles. The first-order valence-electron chi connectivity index (χ1n) is 5.55. The third-order valence-corrected chi connectivity index (χ3v) is 4.87. The fourth-order valence-corrected chi connectivity index (χ4v) is 2.55. The number of amides is 1. The van der Waals surface area contributed by atoms with Crippen molar-refractivity contribution in [1.29, 1.82) is 0 Å². The Hall–Kier alpha value is -1.10. The number of hydrogen-bond donors (Lipinski definition) is 2. The van der Waals surface area contributed by atoms with E-state index in [2.05, 4.69) is 0 Å². The molecule has 0 saturated carbocycles. The van der Waals surface area contributed by atoms with Gasteiger partial charge in [0.15, 0.2) is 11.1 Å². The molecule has 0 aliphatic carbocycles. The SMILES string of the molecule is C[C@@H](S(=O)O)C(F)(F)C(F)(F)C(F)(F)S(=O)(=O)NC(=O)CC(F)(F)F. The van der Waals surface area contributed by atoms with E-state index in [4.69, 9.17) is 4.55 Å². The van der Waals surface area contributed by atoms with Gasteiger partial charge in [-0.3, -0.25) is 4.79 Å². The quantitative estimate of drug-likeness (QED) is 0.472. The molecule has 25 heavy (non-hydrogen) atoms. The molecule has 0 radical (unpaired) electrons. The lowest BCUT2D eigenvalue weighted by Gasteiger charge is -2.34. The summed E-state index contributed by atoms with van der Waals surface area (Å²) in [5.74, 6) is -15.7. The van der Waals surface area contributed by atoms with Gasteiger partial charge in [-0.1, -0.05) is 0 Å². The largest absolute Gasteiger partial charge is 0.431 e. The smallest absolute Gasteiger partial charge is 0.306 e. The zero-order valence-corrected chi connectivity index (χ0v) is 13.2. The molecule has 0 aliphatic heterocycles. The van der Waals surface area contributed by atoms with Crippen molar-refractivity contribution in [3.05, 3.63) is 0 Å². The summed E-state index contributed by atoms with van der Waals surface area (Å²) < 4.78 is 156. The fourth-order valence-electron chi connectivity index (χ4n) is 1.18. The first kappa shape index (κ1) is 23.9. The van der Waals surface area contributed by atoms with Gasteiger partial charge in [0.1, 0.15) is 11.7 Å². The van der Waals surface area contributed by atoms with Crippen LogP contribution >= 0.6 is 0 Å². The van der Waals surface area contributed by atoms with E-state index in [9.17, 15) is 56.9 Å². The normalized spacial score (nSPS) is 17.1. The molecular formula is C8H8F9NO5S2. The van der Waals surface area contributed by atoms with Crippen LogP contribution in [0.25, 0.3) is 0 Å². The first-order chi connectivity index (χ1) is 10.7. The maximum atomic E-state index is 13.4. The number of sulfonamides is 1. The van der Waals surface area contributed by atoms with Gasteiger partial charge < -0.3 is 4.55 Å². The molecule has 1 amide bonds. The molecule has 0 aromatic rings. The van der Waals surface area contributed by atoms with Gasteiger partial charge in [-0.15, -0.1) is 0 Å². The highest BCUT2D eigenvalue weighted by molar-refractivity contribution is 7.91. The van der Waals surface area contributed by atoms with Crippen molar-refractivity contribution in [1.82, 2.24) is 4.72 Å². The van der Waals surface area contributed by atoms with Crippen LogP contribution in [0.4, 0.5) is 39.5 Å². The number of hydrogen-bond acceptors (Lipinski definition) is 4. The van der Waals surface area contributed by atoms with Crippen molar-refractivity contribution >= 4 is 27.0 Å². The van der Waals surface area contributed by atoms with Crippen molar-refractivity contribution in [2.24, 2.45) is 0 Å². The van der Waals surface area contributed by atoms with Crippen molar-refractivity contribution in [2.75, 3.05) is 0 Å². The Kier molecular flexibility index (Phi) is 6.60. The van der Waals surface area contributed by atoms with Crippen LogP contribution in [0.2, 0.25) is 0 Å². The molecule has 0 aromatic heterocycles. The van der Waals surface area contributed by atoms with E-state index >= 15 is 0 Å². The van der Waals surface area contributed by atoms with E-state index in [-0.39, 0.29) is 11.6 Å². The minimum absolute atomic E-state index is 0.0883. The summed E-state index contributed by atoms with van der Waals surface area (Å²) in [5, 5.41) is -10.2. The lowest BCUT2D eigenvalue weighted by atomic mass is 10.1. The average Bonchev–Trinajstić information content (AvgIpc) is 2.33. The molecule has 150 valence electrons. The first-order valence-corrected chi connectivity index (χ1v) is 8.21. The van der Waals surface area contributed by atoms with Crippen LogP contribution in [0.3, 0.4) is 0 Å². The van der Waals surface area contributed by atoms with Crippen molar-refractivity contribution in [2.45, 2.75) is 41.9 Å². The number of halogens is 9. The maximum absolute atomic E-state index is 13.4. The molecule has 6 nitrogen and oxygen atoms in total. The Morgan fingerprint density at radius 1 is 1.08 bits per heavy atom. The lowest BCUT2D eigenvalue weighted by Crippen LogP contribution is -2.64. The topological polar surface area (TPSA) is 101 Å². The van der Waals surface area contributed by atoms with Crippen LogP contribution < -0.4 is 4.72 Å². The van der Waals surface area contributed by atoms with Gasteiger partial charge in [0.05, 0.1) is 0 Å². The van der Waals surface area contributed by atoms with E-state index < -0.39 is 62.0 Å². The van der Waals surface area contributed by atoms with Gasteiger partial charge in [0.25, 0.3) is 0 Å². The Balaban J connectivity index is 5.86. The van der Waals surface area contributed by atoms with Crippen molar-refractivity contribution in [3.8, 4) is 0 Å². The number of carbonyl (C=O) groups excluding carboxylic acids is 1. The second-order valence-corrected chi connectivity index (χ2v) is 7.44. The van der Waals surface area contributed by atoms with E-state index in [0.717, 1.165) is 0 Å². The molecule has 0 aromatic carbocycles. The highest BCUT2D eigenvalue weighted by atomic mass is 32.2. The monoisotopic (exact) mass is 433 g/mol. The third kappa shape index (κ3) is 4.75. The minimum Gasteiger partial charge on any atom is -0.306 e. The highest BCUT2D eigenvalue weighted by Gasteiger charge is 2.79. The van der Waals surface area contributed by atoms with Crippen molar-refractivity contribution < 1.29 is 61.5 Å². The summed E-state index contributed by atoms with van der Waals surface area (Å²) in [6.45, 7) is -0.0883. The van der Waals surface area contributed by atoms with Crippen LogP contribution in [0, 0.1) is 0 Å². The third-order valence-electron chi connectivity index (χ3n) is 2.54. The van der Waals surface area contributed by atoms with E-state index in [1.807, 2.05) is 0 Å². The summed E-state index contributed by atoms with van der Waals surface area (Å²) in [5.41, 5.74) is 0. The predicted octanol–water partition coefficient (Wildman–Crippen LogP) is 1.86. The minimum atomic E-state index is -7.07. The lowest BCUT2D eigenvalue weighted by molar-refractivity contribution is -0.278. The van der Waals surface area contributed by atoms with E-state index in [0.29, 0.717) is 0 Å². The number of nitrogens with one attached hydrogen (secondary N) is 1. The summed E-state index contributed by atoms with van der Waals surface area (Å²) in [6.07, 6.45) is -8.09. The number of alkyl halides is 9. The van der Waals surface area contributed by atoms with E-state index in [1.165, 1.54) is 0 Å². The Labute approximate surface area is 136 Å². The van der Waals surface area contributed by atoms with E-state index in [1.54, 1.807) is 0 Å². The molecule has 0 fully saturated rings. The molecule has 1 unspecified atom stereocenters. The zero-order valence-electron chi connectivity index (χ0n) is 11.6. The van der Waals surface area contributed by atoms with Crippen LogP contribution in [-0.2, 0) is 25.9 Å². The van der Waals surface area contributed by atoms with Crippen LogP contribution in [-0.4, -0.2) is 51.6 Å². The number of rotatable bonds is 7. The summed E-state index contributed by atoms with van der Waals surface area (Å²) in [6, 6.07) is 0. The van der Waals surface area contributed by atoms with Crippen LogP contribution in [0.5, 0.6) is 0 Å². The second kappa shape index (κ2) is 6.90. The molecular weight excluding hydrogens is 425 g/mol. The van der Waals surface area contributed by atoms with Gasteiger partial charge in [-0.25, -0.2) is 8.93 Å². The van der Waals surface area contributed by atoms with Gasteiger partial charge >= 0.3 is 33.3 Å². The van der Waals surface area contributed by atoms with Gasteiger partial charge in [-0.2, -0.15) is 47.9 Å². The zero-order chi connectivity index (χ0) is 20.6. The standard InChI is InChI=1S/C8H8F9NO5S2/c1-3(24(20)21)6(12,13)7(14,15)8(16,17)25(22,23)18-4(19)2-5(9,10)11/h3H,2H2,1H3,(H,18,19)(H,20,21)/t3-/m1/s1. The molecule has 0 saturated heterocycles. The Morgan fingerprint density at radius 3 is 1.80 bits per heavy atom. The molecule has 0 aliphatic rings. The molecule has 0 rings (SSSR count). The molecule has 17 heteroatoms. The molecule has 2 N–H and O–H groups in total. The number of carbonyl (C=O) groups is 1. The highest BCUT2D eigenvalue weighted by Crippen LogP contribution is 2.50. The van der Waals surface area contributed by atoms with Crippen molar-refractivity contribution in [3.63, 3.8) is 0 Å². The molecule has 0 spiro atoms. The second-order valence-electron chi connectivity index (χ2n) is 4.45. The summed E-state index contributed by atoms with van der Waals surface area (Å²) in [7, 11) is -7.07. The Morgan fingerprint density at radius 2 is 1.48 bits per heavy atom. The maximum Gasteiger partial charge on any atom is 0.431 e. The molecule has 2 atom stereocenters. The average molecular weight is 433 g/mol. The summed E-state index contributed by atoms with van der Waals surface area (Å²) in [4.78, 5) is 10.7. The summed E-state index contributed by atoms with van der Waals surface area (Å²) >= 11 is -3.81. The van der Waals surface area contributed by atoms with Gasteiger partial charge in [-0.05, 0) is 6.92 Å². The van der Waals surface area contributed by atoms with Crippen LogP contribution in [0.15, 0.2) is 0 Å². The predicted molar refractivity (Wildman–Crippen MR) is 62.8 cm³/mol. The fraction of sp³-hybridized carbons (Fsp3) is 0.875. The van der Waals surface area contributed by atoms with Gasteiger partial charge in [0, 0.05) is 0 Å².